The first kappa shape index (κ1) is 37.5. The highest BCUT2D eigenvalue weighted by atomic mass is 32.2. The zero-order valence-corrected chi connectivity index (χ0v) is 32.3. The molecule has 4 aliphatic heterocycles. The molecule has 58 heavy (non-hydrogen) atoms. The Bertz CT molecular complexity index is 2700. The summed E-state index contributed by atoms with van der Waals surface area (Å²) in [4.78, 5) is 65.6. The van der Waals surface area contributed by atoms with Crippen LogP contribution in [0.2, 0.25) is 0 Å². The smallest absolute Gasteiger partial charge is 0.329 e. The van der Waals surface area contributed by atoms with E-state index in [1.165, 1.54) is 16.7 Å². The number of nitrogens with one attached hydrogen (secondary N) is 3. The molecule has 4 fully saturated rings. The summed E-state index contributed by atoms with van der Waals surface area (Å²) < 4.78 is 53.4. The van der Waals surface area contributed by atoms with Crippen LogP contribution >= 0.6 is 0 Å². The first-order chi connectivity index (χ1) is 27.8. The molecule has 0 aliphatic carbocycles. The van der Waals surface area contributed by atoms with Crippen molar-refractivity contribution in [2.45, 2.75) is 69.2 Å². The van der Waals surface area contributed by atoms with E-state index in [1.807, 2.05) is 53.3 Å². The lowest BCUT2D eigenvalue weighted by Crippen LogP contribution is -2.46. The number of anilines is 2. The number of halogens is 1. The number of hydrogen-bond acceptors (Lipinski definition) is 9. The fraction of sp³-hybridized carbons (Fsp3) is 0.341. The first-order valence-corrected chi connectivity index (χ1v) is 20.6. The summed E-state index contributed by atoms with van der Waals surface area (Å²) >= 11 is 0. The summed E-state index contributed by atoms with van der Waals surface area (Å²) in [5.74, 6) is -2.59. The number of ether oxygens (including phenoxy) is 1. The van der Waals surface area contributed by atoms with Gasteiger partial charge in [0.1, 0.15) is 30.6 Å². The molecular weight excluding hydrogens is 770 g/mol. The van der Waals surface area contributed by atoms with E-state index in [-0.39, 0.29) is 78.3 Å². The molecule has 2 bridgehead atoms. The van der Waals surface area contributed by atoms with Gasteiger partial charge in [-0.05, 0) is 90.9 Å². The summed E-state index contributed by atoms with van der Waals surface area (Å²) in [6.07, 6.45) is 3.98. The van der Waals surface area contributed by atoms with Crippen LogP contribution in [0, 0.1) is 5.82 Å². The highest BCUT2D eigenvalue weighted by Crippen LogP contribution is 2.44. The number of aromatic nitrogens is 2. The van der Waals surface area contributed by atoms with Gasteiger partial charge in [0.2, 0.25) is 17.7 Å². The predicted molar refractivity (Wildman–Crippen MR) is 212 cm³/mol. The van der Waals surface area contributed by atoms with Crippen molar-refractivity contribution in [3.05, 3.63) is 100 Å². The maximum atomic E-state index is 16.3. The van der Waals surface area contributed by atoms with Crippen LogP contribution in [0.15, 0.2) is 77.6 Å². The molecule has 4 saturated heterocycles. The molecule has 5 heterocycles. The van der Waals surface area contributed by atoms with Crippen LogP contribution in [0.3, 0.4) is 0 Å². The molecule has 9 rings (SSSR count). The topological polar surface area (TPSA) is 181 Å². The van der Waals surface area contributed by atoms with Crippen LogP contribution in [0.25, 0.3) is 21.8 Å². The van der Waals surface area contributed by atoms with Gasteiger partial charge in [-0.2, -0.15) is 8.42 Å². The van der Waals surface area contributed by atoms with Crippen LogP contribution in [-0.2, 0) is 43.0 Å². The average Bonchev–Trinajstić information content (AvgIpc) is 3.69. The molecular formula is C41H40FN7O8S. The number of carbonyl (C=O) groups is 4. The predicted octanol–water partition coefficient (Wildman–Crippen LogP) is 3.72. The monoisotopic (exact) mass is 809 g/mol. The molecule has 0 spiro atoms. The standard InChI is InChI=1S/C41H40FN7O8S/c1-46-33-18-24(7-12-31(33)49(41(46)54)32-13-14-35(50)44-40(32)53)25-16-28-9-10-29(17-25)47(28)20-36(51)43-27-8-11-30-26(15-27)19-34(57-22-23-5-3-2-4-6-23)39(38(30)42)48-21-37(52)45-58(48,55)56/h2-8,11-12,15,18-19,25,28-29,32H,9-10,13-14,16-17,20-22H2,1H3,(H,43,51)(H,45,52)(H,44,50,53). The molecule has 17 heteroatoms. The highest BCUT2D eigenvalue weighted by Gasteiger charge is 2.42. The molecule has 5 aromatic rings. The van der Waals surface area contributed by atoms with E-state index < -0.39 is 40.4 Å². The summed E-state index contributed by atoms with van der Waals surface area (Å²) in [6, 6.07) is 20.7. The third-order valence-electron chi connectivity index (χ3n) is 11.9. The Hall–Kier alpha value is -6.07. The fourth-order valence-corrected chi connectivity index (χ4v) is 10.3. The lowest BCUT2D eigenvalue weighted by Gasteiger charge is -2.38. The van der Waals surface area contributed by atoms with Gasteiger partial charge in [-0.1, -0.05) is 36.4 Å². The second-order valence-electron chi connectivity index (χ2n) is 15.5. The van der Waals surface area contributed by atoms with Gasteiger partial charge in [0, 0.05) is 36.6 Å². The van der Waals surface area contributed by atoms with Crippen LogP contribution in [0.4, 0.5) is 15.8 Å². The van der Waals surface area contributed by atoms with Crippen molar-refractivity contribution in [3.8, 4) is 5.75 Å². The summed E-state index contributed by atoms with van der Waals surface area (Å²) in [6.45, 7) is -0.429. The van der Waals surface area contributed by atoms with Gasteiger partial charge in [-0.15, -0.1) is 0 Å². The van der Waals surface area contributed by atoms with Crippen molar-refractivity contribution in [1.29, 1.82) is 0 Å². The molecule has 0 radical (unpaired) electrons. The summed E-state index contributed by atoms with van der Waals surface area (Å²) in [7, 11) is -2.66. The van der Waals surface area contributed by atoms with Crippen LogP contribution < -0.4 is 30.1 Å². The number of nitrogens with zero attached hydrogens (tertiary/aromatic N) is 4. The molecule has 1 aromatic heterocycles. The molecule has 4 amide bonds. The lowest BCUT2D eigenvalue weighted by molar-refractivity contribution is -0.135. The van der Waals surface area contributed by atoms with E-state index in [4.69, 9.17) is 4.74 Å². The number of hydrogen-bond donors (Lipinski definition) is 3. The maximum Gasteiger partial charge on any atom is 0.329 e. The molecule has 4 aromatic carbocycles. The number of imide groups is 1. The zero-order chi connectivity index (χ0) is 40.5. The molecule has 300 valence electrons. The number of piperidine rings is 2. The van der Waals surface area contributed by atoms with Crippen LogP contribution in [0.1, 0.15) is 61.6 Å². The minimum atomic E-state index is -4.35. The maximum absolute atomic E-state index is 16.3. The van der Waals surface area contributed by atoms with Crippen molar-refractivity contribution in [3.63, 3.8) is 0 Å². The molecule has 3 atom stereocenters. The Morgan fingerprint density at radius 2 is 1.67 bits per heavy atom. The SMILES string of the molecule is Cn1c(=O)n(C2CCC(=O)NC2=O)c2ccc(C3CC4CCC(C3)N4CC(=O)Nc3ccc4c(F)c(N5CC(=O)NS5(=O)=O)c(OCc5ccccc5)cc4c3)cc21. The van der Waals surface area contributed by atoms with Gasteiger partial charge in [-0.25, -0.2) is 18.2 Å². The van der Waals surface area contributed by atoms with E-state index in [0.29, 0.717) is 20.9 Å². The third kappa shape index (κ3) is 6.66. The van der Waals surface area contributed by atoms with E-state index in [9.17, 15) is 32.4 Å². The number of rotatable bonds is 9. The minimum Gasteiger partial charge on any atom is -0.487 e. The summed E-state index contributed by atoms with van der Waals surface area (Å²) in [5.41, 5.74) is 2.95. The number of amides is 4. The van der Waals surface area contributed by atoms with E-state index in [2.05, 4.69) is 15.5 Å². The largest absolute Gasteiger partial charge is 0.487 e. The van der Waals surface area contributed by atoms with Gasteiger partial charge in [-0.3, -0.25) is 38.5 Å². The quantitative estimate of drug-likeness (QED) is 0.187. The van der Waals surface area contributed by atoms with Gasteiger partial charge in [0.25, 0.3) is 5.91 Å². The number of imidazole rings is 1. The van der Waals surface area contributed by atoms with Crippen LogP contribution in [0.5, 0.6) is 5.75 Å². The van der Waals surface area contributed by atoms with Crippen molar-refractivity contribution < 1.29 is 36.7 Å². The number of carbonyl (C=O) groups excluding carboxylic acids is 4. The Morgan fingerprint density at radius 3 is 2.38 bits per heavy atom. The van der Waals surface area contributed by atoms with Gasteiger partial charge in [0.15, 0.2) is 5.82 Å². The number of fused-ring (bicyclic) bond motifs is 4. The molecule has 3 unspecified atom stereocenters. The Kier molecular flexibility index (Phi) is 9.31. The Labute approximate surface area is 331 Å². The van der Waals surface area contributed by atoms with E-state index in [1.54, 1.807) is 23.7 Å². The van der Waals surface area contributed by atoms with Gasteiger partial charge < -0.3 is 10.1 Å². The minimum absolute atomic E-state index is 0.00978. The molecule has 3 N–H and O–H groups in total. The van der Waals surface area contributed by atoms with Crippen molar-refractivity contribution in [2.24, 2.45) is 7.05 Å². The van der Waals surface area contributed by atoms with Crippen molar-refractivity contribution in [1.82, 2.24) is 24.1 Å². The van der Waals surface area contributed by atoms with Crippen LogP contribution in [-0.4, -0.2) is 71.3 Å². The lowest BCUT2D eigenvalue weighted by atomic mass is 9.85. The highest BCUT2D eigenvalue weighted by molar-refractivity contribution is 7.92. The fourth-order valence-electron chi connectivity index (χ4n) is 9.16. The normalized spacial score (nSPS) is 23.0. The van der Waals surface area contributed by atoms with Crippen molar-refractivity contribution in [2.75, 3.05) is 22.7 Å². The number of benzene rings is 4. The molecule has 4 aliphatic rings. The second kappa shape index (κ2) is 14.4. The second-order valence-corrected chi connectivity index (χ2v) is 17.1. The van der Waals surface area contributed by atoms with E-state index in [0.717, 1.165) is 42.3 Å². The third-order valence-corrected chi connectivity index (χ3v) is 13.3. The number of aryl methyl sites for hydroxylation is 1. The molecule has 15 nitrogen and oxygen atoms in total. The molecule has 0 saturated carbocycles. The zero-order valence-electron chi connectivity index (χ0n) is 31.4. The summed E-state index contributed by atoms with van der Waals surface area (Å²) in [5, 5.41) is 5.75. The van der Waals surface area contributed by atoms with Gasteiger partial charge >= 0.3 is 15.9 Å². The average molecular weight is 810 g/mol. The Balaban J connectivity index is 0.911. The first-order valence-electron chi connectivity index (χ1n) is 19.2. The van der Waals surface area contributed by atoms with E-state index >= 15 is 4.39 Å². The van der Waals surface area contributed by atoms with Gasteiger partial charge in [0.05, 0.1) is 17.6 Å². The van der Waals surface area contributed by atoms with Crippen molar-refractivity contribution >= 4 is 67.0 Å². The Morgan fingerprint density at radius 1 is 0.914 bits per heavy atom.